The lowest BCUT2D eigenvalue weighted by molar-refractivity contribution is 0.0725. The minimum Gasteiger partial charge on any atom is -0.446 e. The highest BCUT2D eigenvalue weighted by molar-refractivity contribution is 6.00. The lowest BCUT2D eigenvalue weighted by Crippen LogP contribution is -2.33. The molecule has 5 heteroatoms. The highest BCUT2D eigenvalue weighted by Gasteiger charge is 2.25. The number of aromatic nitrogens is 1. The Balaban J connectivity index is 1.79. The summed E-state index contributed by atoms with van der Waals surface area (Å²) in [5.41, 5.74) is 2.11. The number of aliphatic hydroxyl groups is 1. The Hall–Kier alpha value is -2.92. The van der Waals surface area contributed by atoms with Crippen molar-refractivity contribution in [1.82, 2.24) is 9.88 Å². The van der Waals surface area contributed by atoms with Crippen molar-refractivity contribution in [1.29, 1.82) is 0 Å². The van der Waals surface area contributed by atoms with Crippen LogP contribution in [0.4, 0.5) is 0 Å². The SMILES string of the molecule is CCN(CCc1nc(C(C)(C)O)c(C)o1)C(=O)c1ccccc1-c1ccccc1. The Morgan fingerprint density at radius 2 is 1.76 bits per heavy atom. The van der Waals surface area contributed by atoms with Gasteiger partial charge in [-0.1, -0.05) is 48.5 Å². The molecule has 152 valence electrons. The van der Waals surface area contributed by atoms with Crippen molar-refractivity contribution in [2.24, 2.45) is 0 Å². The smallest absolute Gasteiger partial charge is 0.254 e. The predicted molar refractivity (Wildman–Crippen MR) is 114 cm³/mol. The van der Waals surface area contributed by atoms with Crippen LogP contribution in [0, 0.1) is 6.92 Å². The highest BCUT2D eigenvalue weighted by Crippen LogP contribution is 2.26. The summed E-state index contributed by atoms with van der Waals surface area (Å²) in [6.45, 7) is 8.20. The summed E-state index contributed by atoms with van der Waals surface area (Å²) in [6, 6.07) is 17.6. The van der Waals surface area contributed by atoms with Gasteiger partial charge in [0.25, 0.3) is 5.91 Å². The molecule has 0 aliphatic carbocycles. The molecule has 0 fully saturated rings. The number of amides is 1. The zero-order valence-corrected chi connectivity index (χ0v) is 17.5. The molecule has 5 nitrogen and oxygen atoms in total. The maximum absolute atomic E-state index is 13.3. The average molecular weight is 392 g/mol. The van der Waals surface area contributed by atoms with Crippen molar-refractivity contribution >= 4 is 5.91 Å². The van der Waals surface area contributed by atoms with Gasteiger partial charge in [0.2, 0.25) is 0 Å². The molecule has 0 atom stereocenters. The van der Waals surface area contributed by atoms with E-state index in [-0.39, 0.29) is 5.91 Å². The second kappa shape index (κ2) is 8.62. The number of benzene rings is 2. The maximum atomic E-state index is 13.3. The van der Waals surface area contributed by atoms with Crippen molar-refractivity contribution in [3.05, 3.63) is 77.5 Å². The molecule has 0 aliphatic rings. The number of rotatable bonds is 7. The fourth-order valence-electron chi connectivity index (χ4n) is 3.47. The Bertz CT molecular complexity index is 971. The minimum absolute atomic E-state index is 0.0158. The van der Waals surface area contributed by atoms with Gasteiger partial charge in [-0.2, -0.15) is 0 Å². The van der Waals surface area contributed by atoms with Crippen molar-refractivity contribution in [3.63, 3.8) is 0 Å². The van der Waals surface area contributed by atoms with Gasteiger partial charge >= 0.3 is 0 Å². The predicted octanol–water partition coefficient (Wildman–Crippen LogP) is 4.58. The number of carbonyl (C=O) groups is 1. The Morgan fingerprint density at radius 3 is 2.38 bits per heavy atom. The highest BCUT2D eigenvalue weighted by atomic mass is 16.4. The molecule has 0 unspecified atom stereocenters. The topological polar surface area (TPSA) is 66.6 Å². The first-order chi connectivity index (χ1) is 13.8. The van der Waals surface area contributed by atoms with E-state index in [1.54, 1.807) is 25.7 Å². The fourth-order valence-corrected chi connectivity index (χ4v) is 3.47. The van der Waals surface area contributed by atoms with Crippen LogP contribution in [-0.2, 0) is 12.0 Å². The maximum Gasteiger partial charge on any atom is 0.254 e. The number of oxazole rings is 1. The summed E-state index contributed by atoms with van der Waals surface area (Å²) in [4.78, 5) is 19.5. The number of hydrogen-bond donors (Lipinski definition) is 1. The molecule has 0 radical (unpaired) electrons. The molecule has 0 saturated heterocycles. The van der Waals surface area contributed by atoms with E-state index in [0.29, 0.717) is 42.4 Å². The van der Waals surface area contributed by atoms with Crippen LogP contribution in [0.2, 0.25) is 0 Å². The van der Waals surface area contributed by atoms with E-state index in [2.05, 4.69) is 4.98 Å². The number of hydrogen-bond acceptors (Lipinski definition) is 4. The van der Waals surface area contributed by atoms with Crippen LogP contribution in [0.25, 0.3) is 11.1 Å². The molecular weight excluding hydrogens is 364 g/mol. The second-order valence-electron chi connectivity index (χ2n) is 7.62. The first kappa shape index (κ1) is 20.8. The molecule has 2 aromatic carbocycles. The third-order valence-corrected chi connectivity index (χ3v) is 4.93. The zero-order chi connectivity index (χ0) is 21.0. The third kappa shape index (κ3) is 4.74. The summed E-state index contributed by atoms with van der Waals surface area (Å²) in [5, 5.41) is 10.2. The molecule has 0 bridgehead atoms. The first-order valence-corrected chi connectivity index (χ1v) is 9.94. The van der Waals surface area contributed by atoms with Crippen molar-refractivity contribution in [2.75, 3.05) is 13.1 Å². The van der Waals surface area contributed by atoms with Crippen LogP contribution in [0.3, 0.4) is 0 Å². The Kier molecular flexibility index (Phi) is 6.18. The van der Waals surface area contributed by atoms with Gasteiger partial charge in [0.05, 0.1) is 0 Å². The van der Waals surface area contributed by atoms with Gasteiger partial charge in [0, 0.05) is 25.1 Å². The second-order valence-corrected chi connectivity index (χ2v) is 7.62. The standard InChI is InChI=1S/C24H28N2O3/c1-5-26(16-15-21-25-22(17(2)29-21)24(3,4)28)23(27)20-14-10-9-13-19(20)18-11-7-6-8-12-18/h6-14,28H,5,15-16H2,1-4H3. The normalized spacial score (nSPS) is 11.5. The lowest BCUT2D eigenvalue weighted by Gasteiger charge is -2.22. The molecule has 1 amide bonds. The van der Waals surface area contributed by atoms with E-state index in [9.17, 15) is 9.90 Å². The molecule has 0 spiro atoms. The van der Waals surface area contributed by atoms with Crippen LogP contribution in [0.1, 0.15) is 48.5 Å². The van der Waals surface area contributed by atoms with Gasteiger partial charge in [-0.25, -0.2) is 4.98 Å². The van der Waals surface area contributed by atoms with Gasteiger partial charge in [0.15, 0.2) is 5.89 Å². The summed E-state index contributed by atoms with van der Waals surface area (Å²) in [6.07, 6.45) is 0.490. The molecule has 1 N–H and O–H groups in total. The first-order valence-electron chi connectivity index (χ1n) is 9.94. The number of aryl methyl sites for hydroxylation is 1. The molecular formula is C24H28N2O3. The van der Waals surface area contributed by atoms with Gasteiger partial charge in [-0.3, -0.25) is 4.79 Å². The van der Waals surface area contributed by atoms with Gasteiger partial charge in [-0.15, -0.1) is 0 Å². The summed E-state index contributed by atoms with van der Waals surface area (Å²) in [5.74, 6) is 1.12. The number of carbonyl (C=O) groups excluding carboxylic acids is 1. The molecule has 29 heavy (non-hydrogen) atoms. The number of nitrogens with zero attached hydrogens (tertiary/aromatic N) is 2. The van der Waals surface area contributed by atoms with Crippen LogP contribution in [0.15, 0.2) is 59.0 Å². The Morgan fingerprint density at radius 1 is 1.10 bits per heavy atom. The summed E-state index contributed by atoms with van der Waals surface area (Å²) >= 11 is 0. The third-order valence-electron chi connectivity index (χ3n) is 4.93. The molecule has 0 saturated carbocycles. The molecule has 3 aromatic rings. The van der Waals surface area contributed by atoms with Gasteiger partial charge in [-0.05, 0) is 44.9 Å². The van der Waals surface area contributed by atoms with E-state index in [0.717, 1.165) is 11.1 Å². The Labute approximate surface area is 172 Å². The van der Waals surface area contributed by atoms with E-state index in [1.165, 1.54) is 0 Å². The number of likely N-dealkylation sites (N-methyl/N-ethyl adjacent to an activating group) is 1. The quantitative estimate of drug-likeness (QED) is 0.639. The van der Waals surface area contributed by atoms with Crippen LogP contribution < -0.4 is 0 Å². The molecule has 3 rings (SSSR count). The largest absolute Gasteiger partial charge is 0.446 e. The van der Waals surface area contributed by atoms with E-state index in [1.807, 2.05) is 61.5 Å². The molecule has 1 heterocycles. The monoisotopic (exact) mass is 392 g/mol. The van der Waals surface area contributed by atoms with Crippen LogP contribution in [0.5, 0.6) is 0 Å². The fraction of sp³-hybridized carbons (Fsp3) is 0.333. The molecule has 1 aromatic heterocycles. The van der Waals surface area contributed by atoms with Crippen LogP contribution in [-0.4, -0.2) is 34.0 Å². The average Bonchev–Trinajstić information content (AvgIpc) is 3.10. The molecule has 0 aliphatic heterocycles. The van der Waals surface area contributed by atoms with E-state index < -0.39 is 5.60 Å². The summed E-state index contributed by atoms with van der Waals surface area (Å²) < 4.78 is 5.71. The van der Waals surface area contributed by atoms with E-state index >= 15 is 0 Å². The minimum atomic E-state index is -1.05. The van der Waals surface area contributed by atoms with Crippen molar-refractivity contribution in [3.8, 4) is 11.1 Å². The van der Waals surface area contributed by atoms with Crippen LogP contribution >= 0.6 is 0 Å². The zero-order valence-electron chi connectivity index (χ0n) is 17.5. The van der Waals surface area contributed by atoms with Crippen molar-refractivity contribution < 1.29 is 14.3 Å². The van der Waals surface area contributed by atoms with Crippen molar-refractivity contribution in [2.45, 2.75) is 39.7 Å². The summed E-state index contributed by atoms with van der Waals surface area (Å²) in [7, 11) is 0. The lowest BCUT2D eigenvalue weighted by atomic mass is 9.99. The van der Waals surface area contributed by atoms with E-state index in [4.69, 9.17) is 4.42 Å². The van der Waals surface area contributed by atoms with Gasteiger partial charge in [0.1, 0.15) is 17.1 Å². The van der Waals surface area contributed by atoms with Gasteiger partial charge < -0.3 is 14.4 Å².